The molecular formula is C32H25F3N4O3. The van der Waals surface area contributed by atoms with Gasteiger partial charge in [-0.05, 0) is 29.3 Å². The Labute approximate surface area is 239 Å². The molecule has 0 saturated heterocycles. The van der Waals surface area contributed by atoms with Gasteiger partial charge in [0.05, 0.1) is 17.8 Å². The number of anilines is 1. The average Bonchev–Trinajstić information content (AvgIpc) is 3.10. The Balaban J connectivity index is 1.45. The molecule has 5 rings (SSSR count). The van der Waals surface area contributed by atoms with E-state index in [2.05, 4.69) is 15.6 Å². The van der Waals surface area contributed by atoms with Gasteiger partial charge in [-0.3, -0.25) is 14.4 Å². The molecule has 0 unspecified atom stereocenters. The molecule has 2 N–H and O–H groups in total. The number of amides is 3. The minimum atomic E-state index is -1.64. The van der Waals surface area contributed by atoms with Gasteiger partial charge in [0.1, 0.15) is 6.04 Å². The largest absolute Gasteiger partial charge is 0.340 e. The molecule has 0 bridgehead atoms. The SMILES string of the molecule is CN1C(=O)[C@@H](NC(=O)[C@@H](NC(=O)Cc2cc(F)c(F)c(F)c2)c2ccccc2)N=C(c2ccccc2)c2ccccc21. The van der Waals surface area contributed by atoms with E-state index in [0.29, 0.717) is 34.7 Å². The van der Waals surface area contributed by atoms with Crippen molar-refractivity contribution < 1.29 is 27.6 Å². The number of carbonyl (C=O) groups is 3. The van der Waals surface area contributed by atoms with Gasteiger partial charge in [0.2, 0.25) is 18.0 Å². The van der Waals surface area contributed by atoms with E-state index in [4.69, 9.17) is 0 Å². The van der Waals surface area contributed by atoms with Gasteiger partial charge in [-0.2, -0.15) is 0 Å². The van der Waals surface area contributed by atoms with Gasteiger partial charge in [0.25, 0.3) is 5.91 Å². The summed E-state index contributed by atoms with van der Waals surface area (Å²) in [5.74, 6) is -6.50. The third-order valence-corrected chi connectivity index (χ3v) is 6.78. The Kier molecular flexibility index (Phi) is 8.14. The lowest BCUT2D eigenvalue weighted by Gasteiger charge is -2.24. The van der Waals surface area contributed by atoms with Crippen LogP contribution < -0.4 is 15.5 Å². The van der Waals surface area contributed by atoms with Crippen molar-refractivity contribution in [2.75, 3.05) is 11.9 Å². The van der Waals surface area contributed by atoms with E-state index >= 15 is 0 Å². The van der Waals surface area contributed by atoms with Crippen molar-refractivity contribution in [1.82, 2.24) is 10.6 Å². The Morgan fingerprint density at radius 1 is 0.881 bits per heavy atom. The summed E-state index contributed by atoms with van der Waals surface area (Å²) < 4.78 is 40.8. The van der Waals surface area contributed by atoms with Crippen molar-refractivity contribution in [2.45, 2.75) is 18.6 Å². The molecule has 0 spiro atoms. The van der Waals surface area contributed by atoms with E-state index in [9.17, 15) is 27.6 Å². The smallest absolute Gasteiger partial charge is 0.272 e. The number of fused-ring (bicyclic) bond motifs is 1. The predicted molar refractivity (Wildman–Crippen MR) is 151 cm³/mol. The fourth-order valence-corrected chi connectivity index (χ4v) is 4.71. The summed E-state index contributed by atoms with van der Waals surface area (Å²) in [7, 11) is 1.58. The van der Waals surface area contributed by atoms with Crippen molar-refractivity contribution in [3.05, 3.63) is 137 Å². The third-order valence-electron chi connectivity index (χ3n) is 6.78. The number of nitrogens with one attached hydrogen (secondary N) is 2. The standard InChI is InChI=1S/C32H25F3N4O3/c1-39-25-15-9-8-14-22(25)28(20-10-4-2-5-11-20)37-30(32(39)42)38-31(41)29(21-12-6-3-7-13-21)36-26(40)18-19-16-23(33)27(35)24(34)17-19/h2-17,29-30H,18H2,1H3,(H,36,40)(H,38,41)/t29-,30+/m0/s1. The van der Waals surface area contributed by atoms with Gasteiger partial charge in [-0.15, -0.1) is 0 Å². The van der Waals surface area contributed by atoms with E-state index in [0.717, 1.165) is 5.56 Å². The first kappa shape index (κ1) is 28.3. The van der Waals surface area contributed by atoms with Crippen LogP contribution in [0.3, 0.4) is 0 Å². The van der Waals surface area contributed by atoms with E-state index < -0.39 is 53.8 Å². The molecule has 212 valence electrons. The number of halogens is 3. The maximum absolute atomic E-state index is 13.7. The van der Waals surface area contributed by atoms with Crippen molar-refractivity contribution in [3.8, 4) is 0 Å². The highest BCUT2D eigenvalue weighted by Crippen LogP contribution is 2.27. The number of nitrogens with zero attached hydrogens (tertiary/aromatic N) is 2. The number of aliphatic imine (C=N–C) groups is 1. The molecule has 0 fully saturated rings. The van der Waals surface area contributed by atoms with E-state index in [1.807, 2.05) is 42.5 Å². The van der Waals surface area contributed by atoms with E-state index in [1.54, 1.807) is 49.5 Å². The second-order valence-electron chi connectivity index (χ2n) is 9.63. The summed E-state index contributed by atoms with van der Waals surface area (Å²) >= 11 is 0. The Morgan fingerprint density at radius 2 is 1.48 bits per heavy atom. The summed E-state index contributed by atoms with van der Waals surface area (Å²) in [6.07, 6.45) is -1.87. The van der Waals surface area contributed by atoms with Crippen LogP contribution in [0.2, 0.25) is 0 Å². The number of hydrogen-bond acceptors (Lipinski definition) is 4. The molecule has 0 radical (unpaired) electrons. The summed E-state index contributed by atoms with van der Waals surface area (Å²) in [5.41, 5.74) is 2.81. The Morgan fingerprint density at radius 3 is 2.14 bits per heavy atom. The average molecular weight is 571 g/mol. The Hall–Kier alpha value is -5.25. The van der Waals surface area contributed by atoms with Crippen LogP contribution in [0, 0.1) is 17.5 Å². The summed E-state index contributed by atoms with van der Waals surface area (Å²) in [6.45, 7) is 0. The number of likely N-dealkylation sites (N-methyl/N-ethyl adjacent to an activating group) is 1. The number of hydrogen-bond donors (Lipinski definition) is 2. The highest BCUT2D eigenvalue weighted by atomic mass is 19.2. The molecule has 0 aliphatic carbocycles. The number of benzene rings is 4. The highest BCUT2D eigenvalue weighted by Gasteiger charge is 2.33. The summed E-state index contributed by atoms with van der Waals surface area (Å²) in [5, 5.41) is 5.23. The number of carbonyl (C=O) groups excluding carboxylic acids is 3. The molecule has 3 amide bonds. The van der Waals surface area contributed by atoms with Crippen molar-refractivity contribution in [1.29, 1.82) is 0 Å². The number of benzodiazepines with no additional fused rings is 1. The maximum atomic E-state index is 13.7. The van der Waals surface area contributed by atoms with Gasteiger partial charge >= 0.3 is 0 Å². The summed E-state index contributed by atoms with van der Waals surface area (Å²) in [4.78, 5) is 46.3. The van der Waals surface area contributed by atoms with Crippen LogP contribution in [0.1, 0.15) is 28.3 Å². The monoisotopic (exact) mass is 570 g/mol. The first-order valence-electron chi connectivity index (χ1n) is 13.0. The van der Waals surface area contributed by atoms with Gasteiger partial charge in [-0.25, -0.2) is 18.2 Å². The Bertz CT molecular complexity index is 1660. The van der Waals surface area contributed by atoms with Gasteiger partial charge in [-0.1, -0.05) is 78.9 Å². The maximum Gasteiger partial charge on any atom is 0.272 e. The van der Waals surface area contributed by atoms with E-state index in [1.165, 1.54) is 4.90 Å². The second-order valence-corrected chi connectivity index (χ2v) is 9.63. The van der Waals surface area contributed by atoms with Crippen LogP contribution >= 0.6 is 0 Å². The molecule has 2 atom stereocenters. The quantitative estimate of drug-likeness (QED) is 0.322. The zero-order chi connectivity index (χ0) is 29.8. The first-order valence-corrected chi connectivity index (χ1v) is 13.0. The van der Waals surface area contributed by atoms with Crippen molar-refractivity contribution >= 4 is 29.1 Å². The van der Waals surface area contributed by atoms with Gasteiger partial charge < -0.3 is 15.5 Å². The van der Waals surface area contributed by atoms with Gasteiger partial charge in [0.15, 0.2) is 17.5 Å². The molecule has 1 heterocycles. The topological polar surface area (TPSA) is 90.9 Å². The fraction of sp³-hybridized carbons (Fsp3) is 0.125. The highest BCUT2D eigenvalue weighted by molar-refractivity contribution is 6.20. The fourth-order valence-electron chi connectivity index (χ4n) is 4.71. The van der Waals surface area contributed by atoms with Crippen LogP contribution in [0.5, 0.6) is 0 Å². The lowest BCUT2D eigenvalue weighted by Crippen LogP contribution is -2.50. The summed E-state index contributed by atoms with van der Waals surface area (Å²) in [6, 6.07) is 24.9. The lowest BCUT2D eigenvalue weighted by molar-refractivity contribution is -0.131. The zero-order valence-electron chi connectivity index (χ0n) is 22.4. The lowest BCUT2D eigenvalue weighted by atomic mass is 10.0. The van der Waals surface area contributed by atoms with Crippen LogP contribution in [0.15, 0.2) is 102 Å². The molecule has 1 aliphatic heterocycles. The van der Waals surface area contributed by atoms with E-state index in [-0.39, 0.29) is 5.56 Å². The first-order chi connectivity index (χ1) is 20.2. The number of rotatable bonds is 7. The molecule has 42 heavy (non-hydrogen) atoms. The second kappa shape index (κ2) is 12.1. The normalized spacial score (nSPS) is 15.2. The van der Waals surface area contributed by atoms with Crippen molar-refractivity contribution in [3.63, 3.8) is 0 Å². The minimum absolute atomic E-state index is 0.119. The molecule has 10 heteroatoms. The molecule has 7 nitrogen and oxygen atoms in total. The van der Waals surface area contributed by atoms with Crippen LogP contribution in [0.25, 0.3) is 0 Å². The molecule has 4 aromatic carbocycles. The molecule has 4 aromatic rings. The molecule has 1 aliphatic rings. The molecule has 0 aromatic heterocycles. The van der Waals surface area contributed by atoms with Crippen LogP contribution in [-0.2, 0) is 20.8 Å². The predicted octanol–water partition coefficient (Wildman–Crippen LogP) is 4.46. The van der Waals surface area contributed by atoms with Crippen LogP contribution in [-0.4, -0.2) is 36.6 Å². The van der Waals surface area contributed by atoms with Crippen LogP contribution in [0.4, 0.5) is 18.9 Å². The van der Waals surface area contributed by atoms with Gasteiger partial charge in [0, 0.05) is 18.2 Å². The number of para-hydroxylation sites is 1. The third kappa shape index (κ3) is 5.92. The minimum Gasteiger partial charge on any atom is -0.340 e. The molecular weight excluding hydrogens is 545 g/mol. The van der Waals surface area contributed by atoms with Crippen molar-refractivity contribution in [2.24, 2.45) is 4.99 Å². The zero-order valence-corrected chi connectivity index (χ0v) is 22.4. The molecule has 0 saturated carbocycles.